The number of nitrogens with zero attached hydrogens (tertiary/aromatic N) is 2. The molecule has 1 heterocycles. The zero-order chi connectivity index (χ0) is 23.1. The minimum atomic E-state index is 0.455. The van der Waals surface area contributed by atoms with Crippen LogP contribution in [0.4, 0.5) is 17.1 Å². The number of aryl methyl sites for hydroxylation is 1. The average molecular weight is 407 g/mol. The second-order valence-electron chi connectivity index (χ2n) is 6.49. The smallest absolute Gasteiger partial charge is 0.0824 e. The number of anilines is 3. The van der Waals surface area contributed by atoms with Gasteiger partial charge in [0.15, 0.2) is 0 Å². The Kier molecular flexibility index (Phi) is 13.1. The molecular formula is C26H38N4. The standard InChI is InChI=1S/C20H24N4.C2H6.2C2H4/c1-14-4-6-17(7-5-14)10-16(3)23-18-8-9-20(19(21)11-18)24-13-15(2)12-22-24;3*1-2/h4-9,11-12,15,23H,3,10,13,21H2,1-2H3;1-2H3;2*1-2H2. The van der Waals surface area contributed by atoms with Crippen LogP contribution in [0, 0.1) is 12.8 Å². The summed E-state index contributed by atoms with van der Waals surface area (Å²) in [4.78, 5) is 0. The highest BCUT2D eigenvalue weighted by molar-refractivity contribution is 5.76. The maximum atomic E-state index is 6.21. The molecule has 2 aromatic carbocycles. The quantitative estimate of drug-likeness (QED) is 0.423. The first-order valence-corrected chi connectivity index (χ1v) is 10.2. The predicted molar refractivity (Wildman–Crippen MR) is 137 cm³/mol. The van der Waals surface area contributed by atoms with Gasteiger partial charge in [-0.25, -0.2) is 0 Å². The Morgan fingerprint density at radius 3 is 2.20 bits per heavy atom. The Bertz CT molecular complexity index is 791. The van der Waals surface area contributed by atoms with E-state index in [1.165, 1.54) is 11.1 Å². The van der Waals surface area contributed by atoms with Crippen LogP contribution in [0.15, 0.2) is 86.2 Å². The third-order valence-electron chi connectivity index (χ3n) is 4.09. The predicted octanol–water partition coefficient (Wildman–Crippen LogP) is 6.82. The SMILES string of the molecule is C=C.C=C.C=C(Cc1ccc(C)cc1)Nc1ccc(N2CC(C)C=N2)c(N)c1.CC. The Morgan fingerprint density at radius 2 is 1.70 bits per heavy atom. The summed E-state index contributed by atoms with van der Waals surface area (Å²) in [6, 6.07) is 14.5. The van der Waals surface area contributed by atoms with E-state index >= 15 is 0 Å². The Balaban J connectivity index is 0.00000129. The Labute approximate surface area is 183 Å². The summed E-state index contributed by atoms with van der Waals surface area (Å²) >= 11 is 0. The van der Waals surface area contributed by atoms with Gasteiger partial charge < -0.3 is 11.1 Å². The molecule has 0 radical (unpaired) electrons. The molecule has 1 aliphatic heterocycles. The van der Waals surface area contributed by atoms with E-state index in [1.54, 1.807) is 0 Å². The van der Waals surface area contributed by atoms with E-state index in [0.29, 0.717) is 5.92 Å². The monoisotopic (exact) mass is 406 g/mol. The van der Waals surface area contributed by atoms with Gasteiger partial charge in [-0.05, 0) is 30.7 Å². The second kappa shape index (κ2) is 14.7. The van der Waals surface area contributed by atoms with Crippen LogP contribution in [0.3, 0.4) is 0 Å². The van der Waals surface area contributed by atoms with Crippen molar-refractivity contribution in [1.82, 2.24) is 0 Å². The van der Waals surface area contributed by atoms with E-state index in [9.17, 15) is 0 Å². The first-order valence-electron chi connectivity index (χ1n) is 10.2. The van der Waals surface area contributed by atoms with Gasteiger partial charge in [-0.2, -0.15) is 5.10 Å². The molecule has 162 valence electrons. The van der Waals surface area contributed by atoms with E-state index in [4.69, 9.17) is 5.73 Å². The summed E-state index contributed by atoms with van der Waals surface area (Å²) < 4.78 is 0. The Morgan fingerprint density at radius 1 is 1.10 bits per heavy atom. The largest absolute Gasteiger partial charge is 0.397 e. The van der Waals surface area contributed by atoms with Crippen molar-refractivity contribution in [2.24, 2.45) is 11.0 Å². The fourth-order valence-electron chi connectivity index (χ4n) is 2.79. The van der Waals surface area contributed by atoms with Crippen LogP contribution in [-0.2, 0) is 6.42 Å². The van der Waals surface area contributed by atoms with Crippen LogP contribution in [0.25, 0.3) is 0 Å². The molecule has 0 bridgehead atoms. The molecule has 0 spiro atoms. The van der Waals surface area contributed by atoms with Crippen LogP contribution in [0.5, 0.6) is 0 Å². The van der Waals surface area contributed by atoms with Gasteiger partial charge in [0.05, 0.1) is 11.4 Å². The maximum Gasteiger partial charge on any atom is 0.0824 e. The van der Waals surface area contributed by atoms with Crippen molar-refractivity contribution in [3.05, 3.63) is 92.2 Å². The fourth-order valence-corrected chi connectivity index (χ4v) is 2.79. The van der Waals surface area contributed by atoms with Gasteiger partial charge in [-0.15, -0.1) is 26.3 Å². The average Bonchev–Trinajstić information content (AvgIpc) is 3.20. The zero-order valence-electron chi connectivity index (χ0n) is 19.1. The van der Waals surface area contributed by atoms with Crippen LogP contribution >= 0.6 is 0 Å². The zero-order valence-corrected chi connectivity index (χ0v) is 19.1. The highest BCUT2D eigenvalue weighted by atomic mass is 15.5. The number of benzene rings is 2. The number of hydrogen-bond donors (Lipinski definition) is 2. The van der Waals surface area contributed by atoms with Crippen molar-refractivity contribution >= 4 is 23.3 Å². The Hall–Kier alpha value is -3.27. The summed E-state index contributed by atoms with van der Waals surface area (Å²) in [5.74, 6) is 0.455. The summed E-state index contributed by atoms with van der Waals surface area (Å²) in [5.41, 5.74) is 12.3. The van der Waals surface area contributed by atoms with E-state index in [0.717, 1.165) is 35.7 Å². The lowest BCUT2D eigenvalue weighted by molar-refractivity contribution is 0.782. The van der Waals surface area contributed by atoms with E-state index in [-0.39, 0.29) is 0 Å². The maximum absolute atomic E-state index is 6.21. The fraction of sp³-hybridized carbons (Fsp3) is 0.269. The molecule has 0 fully saturated rings. The minimum absolute atomic E-state index is 0.455. The van der Waals surface area contributed by atoms with E-state index in [2.05, 4.69) is 81.4 Å². The number of nitrogens with two attached hydrogens (primary N) is 1. The van der Waals surface area contributed by atoms with Gasteiger partial charge in [0.2, 0.25) is 0 Å². The van der Waals surface area contributed by atoms with Crippen LogP contribution in [-0.4, -0.2) is 12.8 Å². The molecule has 0 saturated heterocycles. The molecule has 4 heteroatoms. The molecule has 3 rings (SSSR count). The van der Waals surface area contributed by atoms with Crippen molar-refractivity contribution < 1.29 is 0 Å². The molecule has 3 N–H and O–H groups in total. The lowest BCUT2D eigenvalue weighted by atomic mass is 10.1. The molecular weight excluding hydrogens is 368 g/mol. The summed E-state index contributed by atoms with van der Waals surface area (Å²) in [5, 5.41) is 9.68. The number of allylic oxidation sites excluding steroid dienone is 1. The third kappa shape index (κ3) is 8.39. The topological polar surface area (TPSA) is 53.6 Å². The molecule has 30 heavy (non-hydrogen) atoms. The number of hydrogen-bond acceptors (Lipinski definition) is 4. The van der Waals surface area contributed by atoms with E-state index in [1.807, 2.05) is 43.3 Å². The molecule has 1 aliphatic rings. The number of nitrogens with one attached hydrogen (secondary N) is 1. The number of rotatable bonds is 5. The van der Waals surface area contributed by atoms with Gasteiger partial charge in [0, 0.05) is 36.5 Å². The molecule has 1 unspecified atom stereocenters. The minimum Gasteiger partial charge on any atom is -0.397 e. The third-order valence-corrected chi connectivity index (χ3v) is 4.09. The van der Waals surface area contributed by atoms with Crippen molar-refractivity contribution in [3.63, 3.8) is 0 Å². The highest BCUT2D eigenvalue weighted by Crippen LogP contribution is 2.29. The van der Waals surface area contributed by atoms with Gasteiger partial charge >= 0.3 is 0 Å². The molecule has 0 aromatic heterocycles. The van der Waals surface area contributed by atoms with Crippen LogP contribution in [0.2, 0.25) is 0 Å². The van der Waals surface area contributed by atoms with Gasteiger partial charge in [-0.1, -0.05) is 57.2 Å². The number of nitrogen functional groups attached to an aromatic ring is 1. The lowest BCUT2D eigenvalue weighted by Crippen LogP contribution is -2.17. The summed E-state index contributed by atoms with van der Waals surface area (Å²) in [6.07, 6.45) is 2.74. The van der Waals surface area contributed by atoms with Gasteiger partial charge in [0.25, 0.3) is 0 Å². The molecule has 4 nitrogen and oxygen atoms in total. The van der Waals surface area contributed by atoms with Gasteiger partial charge in [0.1, 0.15) is 0 Å². The molecule has 2 aromatic rings. The summed E-state index contributed by atoms with van der Waals surface area (Å²) in [7, 11) is 0. The number of hydrazone groups is 1. The van der Waals surface area contributed by atoms with E-state index < -0.39 is 0 Å². The van der Waals surface area contributed by atoms with Crippen molar-refractivity contribution in [2.45, 2.75) is 34.1 Å². The molecule has 0 saturated carbocycles. The molecule has 0 aliphatic carbocycles. The second-order valence-corrected chi connectivity index (χ2v) is 6.49. The van der Waals surface area contributed by atoms with Gasteiger partial charge in [-0.3, -0.25) is 5.01 Å². The molecule has 1 atom stereocenters. The summed E-state index contributed by atoms with van der Waals surface area (Å²) in [6.45, 7) is 25.2. The highest BCUT2D eigenvalue weighted by Gasteiger charge is 2.17. The normalized spacial score (nSPS) is 13.6. The van der Waals surface area contributed by atoms with Crippen molar-refractivity contribution in [3.8, 4) is 0 Å². The van der Waals surface area contributed by atoms with Crippen molar-refractivity contribution in [1.29, 1.82) is 0 Å². The molecule has 0 amide bonds. The lowest BCUT2D eigenvalue weighted by Gasteiger charge is -2.18. The van der Waals surface area contributed by atoms with Crippen LogP contribution in [0.1, 0.15) is 31.9 Å². The van der Waals surface area contributed by atoms with Crippen LogP contribution < -0.4 is 16.1 Å². The first kappa shape index (κ1) is 26.7. The van der Waals surface area contributed by atoms with Crippen molar-refractivity contribution in [2.75, 3.05) is 22.6 Å². The first-order chi connectivity index (χ1) is 14.5.